The summed E-state index contributed by atoms with van der Waals surface area (Å²) in [6, 6.07) is 6.91. The van der Waals surface area contributed by atoms with Gasteiger partial charge in [-0.3, -0.25) is 0 Å². The van der Waals surface area contributed by atoms with Gasteiger partial charge in [0.2, 0.25) is 5.95 Å². The summed E-state index contributed by atoms with van der Waals surface area (Å²) >= 11 is 0. The van der Waals surface area contributed by atoms with E-state index in [1.807, 2.05) is 17.0 Å². The third kappa shape index (κ3) is 3.09. The van der Waals surface area contributed by atoms with Crippen LogP contribution in [0.1, 0.15) is 5.56 Å². The van der Waals surface area contributed by atoms with Crippen LogP contribution >= 0.6 is 0 Å². The van der Waals surface area contributed by atoms with Crippen molar-refractivity contribution in [2.75, 3.05) is 31.2 Å². The van der Waals surface area contributed by atoms with Crippen LogP contribution in [-0.4, -0.2) is 51.5 Å². The Morgan fingerprint density at radius 1 is 1.05 bits per heavy atom. The molecule has 0 saturated carbocycles. The van der Waals surface area contributed by atoms with Crippen LogP contribution in [-0.2, 0) is 11.3 Å². The van der Waals surface area contributed by atoms with Gasteiger partial charge in [-0.25, -0.2) is 0 Å². The first-order valence-corrected chi connectivity index (χ1v) is 6.74. The van der Waals surface area contributed by atoms with E-state index >= 15 is 0 Å². The second-order valence-electron chi connectivity index (χ2n) is 4.71. The zero-order chi connectivity index (χ0) is 14.7. The number of aromatic hydroxyl groups is 1. The van der Waals surface area contributed by atoms with E-state index in [0.717, 1.165) is 11.1 Å². The SMILES string of the molecule is OCc1ccc(-c2nc(O)nc(N3CCOCC3)n2)cc1. The van der Waals surface area contributed by atoms with E-state index in [0.29, 0.717) is 38.1 Å². The first-order valence-electron chi connectivity index (χ1n) is 6.74. The van der Waals surface area contributed by atoms with Gasteiger partial charge in [-0.1, -0.05) is 24.3 Å². The van der Waals surface area contributed by atoms with E-state index in [9.17, 15) is 5.11 Å². The number of rotatable bonds is 3. The molecule has 0 spiro atoms. The number of ether oxygens (including phenoxy) is 1. The van der Waals surface area contributed by atoms with Crippen LogP contribution in [0.2, 0.25) is 0 Å². The molecule has 3 rings (SSSR count). The molecule has 0 radical (unpaired) electrons. The van der Waals surface area contributed by atoms with Crippen molar-refractivity contribution in [2.45, 2.75) is 6.61 Å². The van der Waals surface area contributed by atoms with Gasteiger partial charge in [-0.05, 0) is 5.56 Å². The number of morpholine rings is 1. The Kier molecular flexibility index (Phi) is 3.94. The summed E-state index contributed by atoms with van der Waals surface area (Å²) in [4.78, 5) is 14.3. The molecule has 1 aromatic heterocycles. The van der Waals surface area contributed by atoms with Gasteiger partial charge >= 0.3 is 6.01 Å². The lowest BCUT2D eigenvalue weighted by Gasteiger charge is -2.26. The summed E-state index contributed by atoms with van der Waals surface area (Å²) in [6.07, 6.45) is 0. The zero-order valence-electron chi connectivity index (χ0n) is 11.4. The number of aromatic nitrogens is 3. The minimum atomic E-state index is -0.298. The fraction of sp³-hybridized carbons (Fsp3) is 0.357. The third-order valence-corrected chi connectivity index (χ3v) is 3.30. The molecule has 1 aromatic carbocycles. The standard InChI is InChI=1S/C14H16N4O3/c19-9-10-1-3-11(4-2-10)12-15-13(17-14(20)16-12)18-5-7-21-8-6-18/h1-4,19H,5-9H2,(H,15,16,17,20). The Morgan fingerprint density at radius 3 is 2.43 bits per heavy atom. The molecule has 2 heterocycles. The predicted molar refractivity (Wildman–Crippen MR) is 75.9 cm³/mol. The summed E-state index contributed by atoms with van der Waals surface area (Å²) in [5, 5.41) is 18.8. The van der Waals surface area contributed by atoms with Crippen molar-refractivity contribution in [3.05, 3.63) is 29.8 Å². The second-order valence-corrected chi connectivity index (χ2v) is 4.71. The van der Waals surface area contributed by atoms with E-state index in [1.54, 1.807) is 12.1 Å². The van der Waals surface area contributed by atoms with Gasteiger partial charge in [0, 0.05) is 18.7 Å². The highest BCUT2D eigenvalue weighted by atomic mass is 16.5. The third-order valence-electron chi connectivity index (χ3n) is 3.30. The molecular formula is C14H16N4O3. The monoisotopic (exact) mass is 288 g/mol. The Hall–Kier alpha value is -2.25. The summed E-state index contributed by atoms with van der Waals surface area (Å²) in [5.74, 6) is 0.862. The van der Waals surface area contributed by atoms with E-state index in [-0.39, 0.29) is 12.6 Å². The fourth-order valence-corrected chi connectivity index (χ4v) is 2.15. The van der Waals surface area contributed by atoms with E-state index < -0.39 is 0 Å². The normalized spacial score (nSPS) is 15.2. The number of anilines is 1. The first kappa shape index (κ1) is 13.7. The van der Waals surface area contributed by atoms with Gasteiger partial charge in [0.1, 0.15) is 0 Å². The highest BCUT2D eigenvalue weighted by Crippen LogP contribution is 2.21. The van der Waals surface area contributed by atoms with Crippen molar-refractivity contribution in [1.82, 2.24) is 15.0 Å². The van der Waals surface area contributed by atoms with Crippen LogP contribution in [0.15, 0.2) is 24.3 Å². The van der Waals surface area contributed by atoms with E-state index in [1.165, 1.54) is 0 Å². The van der Waals surface area contributed by atoms with Crippen LogP contribution in [0.5, 0.6) is 6.01 Å². The van der Waals surface area contributed by atoms with E-state index in [4.69, 9.17) is 9.84 Å². The van der Waals surface area contributed by atoms with Crippen LogP contribution < -0.4 is 4.90 Å². The molecule has 7 heteroatoms. The molecule has 1 fully saturated rings. The summed E-state index contributed by atoms with van der Waals surface area (Å²) in [6.45, 7) is 2.60. The lowest BCUT2D eigenvalue weighted by atomic mass is 10.1. The average Bonchev–Trinajstić information content (AvgIpc) is 2.55. The molecular weight excluding hydrogens is 272 g/mol. The lowest BCUT2D eigenvalue weighted by Crippen LogP contribution is -2.37. The summed E-state index contributed by atoms with van der Waals surface area (Å²) in [7, 11) is 0. The largest absolute Gasteiger partial charge is 0.479 e. The fourth-order valence-electron chi connectivity index (χ4n) is 2.15. The van der Waals surface area contributed by atoms with Crippen LogP contribution in [0, 0.1) is 0 Å². The van der Waals surface area contributed by atoms with Gasteiger partial charge in [-0.15, -0.1) is 0 Å². The number of hydrogen-bond donors (Lipinski definition) is 2. The van der Waals surface area contributed by atoms with Gasteiger partial charge < -0.3 is 19.8 Å². The molecule has 0 unspecified atom stereocenters. The topological polar surface area (TPSA) is 91.6 Å². The maximum absolute atomic E-state index is 9.73. The maximum atomic E-state index is 9.73. The molecule has 21 heavy (non-hydrogen) atoms. The lowest BCUT2D eigenvalue weighted by molar-refractivity contribution is 0.122. The molecule has 1 aliphatic heterocycles. The highest BCUT2D eigenvalue weighted by Gasteiger charge is 2.16. The summed E-state index contributed by atoms with van der Waals surface area (Å²) in [5.41, 5.74) is 1.57. The average molecular weight is 288 g/mol. The molecule has 1 saturated heterocycles. The second kappa shape index (κ2) is 6.02. The van der Waals surface area contributed by atoms with Crippen LogP contribution in [0.3, 0.4) is 0 Å². The van der Waals surface area contributed by atoms with Crippen molar-refractivity contribution in [2.24, 2.45) is 0 Å². The molecule has 2 aromatic rings. The number of aliphatic hydroxyl groups is 1. The Balaban J connectivity index is 1.92. The zero-order valence-corrected chi connectivity index (χ0v) is 11.4. The smallest absolute Gasteiger partial charge is 0.319 e. The molecule has 0 atom stereocenters. The minimum absolute atomic E-state index is 0.0121. The van der Waals surface area contributed by atoms with Crippen molar-refractivity contribution in [3.63, 3.8) is 0 Å². The molecule has 110 valence electrons. The van der Waals surface area contributed by atoms with Gasteiger partial charge in [0.25, 0.3) is 0 Å². The quantitative estimate of drug-likeness (QED) is 0.853. The predicted octanol–water partition coefficient (Wildman–Crippen LogP) is 0.573. The van der Waals surface area contributed by atoms with Gasteiger partial charge in [0.15, 0.2) is 5.82 Å². The number of nitrogens with zero attached hydrogens (tertiary/aromatic N) is 4. The maximum Gasteiger partial charge on any atom is 0.319 e. The van der Waals surface area contributed by atoms with Crippen molar-refractivity contribution in [3.8, 4) is 17.4 Å². The van der Waals surface area contributed by atoms with Crippen molar-refractivity contribution >= 4 is 5.95 Å². The Labute approximate surface area is 121 Å². The molecule has 0 bridgehead atoms. The number of aliphatic hydroxyl groups excluding tert-OH is 1. The first-order chi connectivity index (χ1) is 10.3. The van der Waals surface area contributed by atoms with Crippen molar-refractivity contribution in [1.29, 1.82) is 0 Å². The van der Waals surface area contributed by atoms with Gasteiger partial charge in [-0.2, -0.15) is 15.0 Å². The molecule has 0 amide bonds. The van der Waals surface area contributed by atoms with Crippen LogP contribution in [0.4, 0.5) is 5.95 Å². The summed E-state index contributed by atoms with van der Waals surface area (Å²) < 4.78 is 5.29. The van der Waals surface area contributed by atoms with E-state index in [2.05, 4.69) is 15.0 Å². The Morgan fingerprint density at radius 2 is 1.76 bits per heavy atom. The van der Waals surface area contributed by atoms with Gasteiger partial charge in [0.05, 0.1) is 19.8 Å². The number of hydrogen-bond acceptors (Lipinski definition) is 7. The number of benzene rings is 1. The van der Waals surface area contributed by atoms with Crippen LogP contribution in [0.25, 0.3) is 11.4 Å². The van der Waals surface area contributed by atoms with Crippen molar-refractivity contribution < 1.29 is 14.9 Å². The highest BCUT2D eigenvalue weighted by molar-refractivity contribution is 5.57. The molecule has 7 nitrogen and oxygen atoms in total. The molecule has 0 aliphatic carbocycles. The minimum Gasteiger partial charge on any atom is -0.479 e. The molecule has 2 N–H and O–H groups in total. The Bertz CT molecular complexity index is 612. The molecule has 1 aliphatic rings.